The lowest BCUT2D eigenvalue weighted by Gasteiger charge is -2.14. The number of hydrogen-bond acceptors (Lipinski definition) is 6. The number of nitrogens with one attached hydrogen (secondary N) is 2. The van der Waals surface area contributed by atoms with Crippen LogP contribution in [-0.2, 0) is 24.3 Å². The molecule has 0 radical (unpaired) electrons. The van der Waals surface area contributed by atoms with Crippen molar-refractivity contribution in [3.05, 3.63) is 53.6 Å². The fourth-order valence-corrected chi connectivity index (χ4v) is 3.38. The van der Waals surface area contributed by atoms with E-state index in [9.17, 15) is 18.0 Å². The molecule has 0 aromatic heterocycles. The van der Waals surface area contributed by atoms with Gasteiger partial charge in [-0.25, -0.2) is 8.42 Å². The van der Waals surface area contributed by atoms with E-state index in [2.05, 4.69) is 10.0 Å². The van der Waals surface area contributed by atoms with Crippen molar-refractivity contribution in [2.75, 3.05) is 19.0 Å². The maximum Gasteiger partial charge on any atom is 0.321 e. The highest BCUT2D eigenvalue weighted by atomic mass is 32.2. The van der Waals surface area contributed by atoms with Crippen LogP contribution < -0.4 is 14.8 Å². The molecule has 29 heavy (non-hydrogen) atoms. The van der Waals surface area contributed by atoms with Gasteiger partial charge in [0.1, 0.15) is 12.3 Å². The Labute approximate surface area is 170 Å². The first-order chi connectivity index (χ1) is 13.6. The molecule has 1 atom stereocenters. The van der Waals surface area contributed by atoms with Gasteiger partial charge in [0, 0.05) is 5.69 Å². The third-order valence-electron chi connectivity index (χ3n) is 4.23. The molecule has 2 aromatic carbocycles. The van der Waals surface area contributed by atoms with Gasteiger partial charge in [0.25, 0.3) is 5.91 Å². The van der Waals surface area contributed by atoms with E-state index in [1.807, 2.05) is 6.92 Å². The molecule has 0 saturated carbocycles. The maximum atomic E-state index is 12.3. The van der Waals surface area contributed by atoms with E-state index in [0.717, 1.165) is 11.1 Å². The maximum absolute atomic E-state index is 12.3. The summed E-state index contributed by atoms with van der Waals surface area (Å²) in [5.41, 5.74) is 2.29. The molecule has 1 amide bonds. The molecule has 0 aliphatic rings. The van der Waals surface area contributed by atoms with Crippen LogP contribution >= 0.6 is 0 Å². The van der Waals surface area contributed by atoms with E-state index in [4.69, 9.17) is 9.47 Å². The first kappa shape index (κ1) is 22.4. The lowest BCUT2D eigenvalue weighted by atomic mass is 10.1. The number of ether oxygens (including phenoxy) is 2. The Hall–Kier alpha value is -2.91. The number of amides is 1. The summed E-state index contributed by atoms with van der Waals surface area (Å²) in [4.78, 5) is 24.1. The molecule has 0 heterocycles. The van der Waals surface area contributed by atoms with Crippen LogP contribution in [-0.4, -0.2) is 40.1 Å². The molecule has 2 aromatic rings. The fourth-order valence-electron chi connectivity index (χ4n) is 2.33. The quantitative estimate of drug-likeness (QED) is 0.633. The van der Waals surface area contributed by atoms with Gasteiger partial charge in [-0.3, -0.25) is 9.59 Å². The van der Waals surface area contributed by atoms with Crippen LogP contribution in [0.15, 0.2) is 47.4 Å². The van der Waals surface area contributed by atoms with Crippen LogP contribution in [0.5, 0.6) is 5.75 Å². The smallest absolute Gasteiger partial charge is 0.321 e. The summed E-state index contributed by atoms with van der Waals surface area (Å²) in [6, 6.07) is 11.3. The lowest BCUT2D eigenvalue weighted by molar-refractivity contribution is -0.151. The van der Waals surface area contributed by atoms with Crippen LogP contribution in [0.3, 0.4) is 0 Å². The molecule has 8 nitrogen and oxygen atoms in total. The minimum absolute atomic E-state index is 0.0543. The van der Waals surface area contributed by atoms with Gasteiger partial charge in [0.15, 0.2) is 6.10 Å². The summed E-state index contributed by atoms with van der Waals surface area (Å²) in [5.74, 6) is -0.770. The standard InChI is InChI=1S/C20H24N2O6S/c1-13-5-10-18(11-14(13)2)29(25,26)21-12-19(23)28-15(3)20(24)22-16-6-8-17(27-4)9-7-16/h5-11,15,21H,12H2,1-4H3,(H,22,24)/t15-/m1/s1. The van der Waals surface area contributed by atoms with E-state index in [0.29, 0.717) is 11.4 Å². The molecule has 0 fully saturated rings. The Morgan fingerprint density at radius 3 is 2.28 bits per heavy atom. The number of anilines is 1. The zero-order valence-electron chi connectivity index (χ0n) is 16.7. The normalized spacial score (nSPS) is 12.1. The number of aryl methyl sites for hydroxylation is 2. The van der Waals surface area contributed by atoms with Gasteiger partial charge in [-0.05, 0) is 68.3 Å². The second-order valence-electron chi connectivity index (χ2n) is 6.42. The molecular weight excluding hydrogens is 396 g/mol. The Balaban J connectivity index is 1.88. The molecule has 2 rings (SSSR count). The third-order valence-corrected chi connectivity index (χ3v) is 5.63. The lowest BCUT2D eigenvalue weighted by Crippen LogP contribution is -2.35. The van der Waals surface area contributed by atoms with Crippen LogP contribution in [0.1, 0.15) is 18.1 Å². The second-order valence-corrected chi connectivity index (χ2v) is 8.19. The number of sulfonamides is 1. The molecule has 9 heteroatoms. The topological polar surface area (TPSA) is 111 Å². The number of carbonyl (C=O) groups is 2. The zero-order valence-corrected chi connectivity index (χ0v) is 17.5. The van der Waals surface area contributed by atoms with Crippen molar-refractivity contribution in [2.45, 2.75) is 31.8 Å². The van der Waals surface area contributed by atoms with E-state index in [-0.39, 0.29) is 4.90 Å². The molecular formula is C20H24N2O6S. The summed E-state index contributed by atoms with van der Waals surface area (Å²) in [6.07, 6.45) is -1.10. The van der Waals surface area contributed by atoms with Crippen molar-refractivity contribution in [1.29, 1.82) is 0 Å². The molecule has 2 N–H and O–H groups in total. The van der Waals surface area contributed by atoms with Crippen molar-refractivity contribution < 1.29 is 27.5 Å². The molecule has 0 saturated heterocycles. The van der Waals surface area contributed by atoms with Crippen molar-refractivity contribution in [2.24, 2.45) is 0 Å². The van der Waals surface area contributed by atoms with E-state index in [1.165, 1.54) is 26.2 Å². The summed E-state index contributed by atoms with van der Waals surface area (Å²) in [6.45, 7) is 4.48. The first-order valence-electron chi connectivity index (χ1n) is 8.83. The molecule has 0 unspecified atom stereocenters. The summed E-state index contributed by atoms with van der Waals surface area (Å²) < 4.78 is 36.8. The first-order valence-corrected chi connectivity index (χ1v) is 10.3. The number of rotatable bonds is 8. The Kier molecular flexibility index (Phi) is 7.35. The fraction of sp³-hybridized carbons (Fsp3) is 0.300. The Morgan fingerprint density at radius 1 is 1.03 bits per heavy atom. The van der Waals surface area contributed by atoms with Gasteiger partial charge < -0.3 is 14.8 Å². The minimum Gasteiger partial charge on any atom is -0.497 e. The molecule has 0 aliphatic heterocycles. The highest BCUT2D eigenvalue weighted by Crippen LogP contribution is 2.16. The van der Waals surface area contributed by atoms with Gasteiger partial charge >= 0.3 is 5.97 Å². The van der Waals surface area contributed by atoms with E-state index < -0.39 is 34.5 Å². The molecule has 156 valence electrons. The van der Waals surface area contributed by atoms with Gasteiger partial charge in [-0.1, -0.05) is 6.07 Å². The predicted molar refractivity (Wildman–Crippen MR) is 108 cm³/mol. The van der Waals surface area contributed by atoms with E-state index >= 15 is 0 Å². The Bertz CT molecular complexity index is 987. The van der Waals surface area contributed by atoms with Gasteiger partial charge in [0.2, 0.25) is 10.0 Å². The van der Waals surface area contributed by atoms with Crippen LogP contribution in [0.2, 0.25) is 0 Å². The van der Waals surface area contributed by atoms with Crippen LogP contribution in [0, 0.1) is 13.8 Å². The number of benzene rings is 2. The SMILES string of the molecule is COc1ccc(NC(=O)[C@@H](C)OC(=O)CNS(=O)(=O)c2ccc(C)c(C)c2)cc1. The van der Waals surface area contributed by atoms with Crippen LogP contribution in [0.25, 0.3) is 0 Å². The number of hydrogen-bond donors (Lipinski definition) is 2. The Morgan fingerprint density at radius 2 is 1.69 bits per heavy atom. The van der Waals surface area contributed by atoms with Crippen molar-refractivity contribution in [3.63, 3.8) is 0 Å². The number of carbonyl (C=O) groups excluding carboxylic acids is 2. The van der Waals surface area contributed by atoms with Crippen molar-refractivity contribution in [3.8, 4) is 5.75 Å². The molecule has 0 bridgehead atoms. The van der Waals surface area contributed by atoms with Gasteiger partial charge in [0.05, 0.1) is 12.0 Å². The average molecular weight is 420 g/mol. The van der Waals surface area contributed by atoms with Crippen molar-refractivity contribution in [1.82, 2.24) is 4.72 Å². The predicted octanol–water partition coefficient (Wildman–Crippen LogP) is 2.16. The minimum atomic E-state index is -3.87. The number of methoxy groups -OCH3 is 1. The molecule has 0 aliphatic carbocycles. The second kappa shape index (κ2) is 9.53. The average Bonchev–Trinajstić information content (AvgIpc) is 2.69. The number of esters is 1. The summed E-state index contributed by atoms with van der Waals surface area (Å²) in [7, 11) is -2.34. The zero-order chi connectivity index (χ0) is 21.6. The molecule has 0 spiro atoms. The summed E-state index contributed by atoms with van der Waals surface area (Å²) in [5, 5.41) is 2.60. The van der Waals surface area contributed by atoms with E-state index in [1.54, 1.807) is 37.3 Å². The van der Waals surface area contributed by atoms with Gasteiger partial charge in [-0.2, -0.15) is 4.72 Å². The largest absolute Gasteiger partial charge is 0.497 e. The van der Waals surface area contributed by atoms with Crippen molar-refractivity contribution >= 4 is 27.6 Å². The third kappa shape index (κ3) is 6.30. The summed E-state index contributed by atoms with van der Waals surface area (Å²) >= 11 is 0. The monoisotopic (exact) mass is 420 g/mol. The highest BCUT2D eigenvalue weighted by Gasteiger charge is 2.21. The van der Waals surface area contributed by atoms with Gasteiger partial charge in [-0.15, -0.1) is 0 Å². The van der Waals surface area contributed by atoms with Crippen LogP contribution in [0.4, 0.5) is 5.69 Å². The highest BCUT2D eigenvalue weighted by molar-refractivity contribution is 7.89.